The smallest absolute Gasteiger partial charge is 0.195 e. The second kappa shape index (κ2) is 6.41. The Balaban J connectivity index is 1.62. The highest BCUT2D eigenvalue weighted by molar-refractivity contribution is 9.10. The van der Waals surface area contributed by atoms with Crippen LogP contribution in [0.5, 0.6) is 0 Å². The first-order valence-corrected chi connectivity index (χ1v) is 9.22. The molecule has 0 aliphatic heterocycles. The van der Waals surface area contributed by atoms with E-state index >= 15 is 0 Å². The van der Waals surface area contributed by atoms with Crippen LogP contribution in [0.15, 0.2) is 64.6 Å². The molecule has 3 aromatic heterocycles. The van der Waals surface area contributed by atoms with Gasteiger partial charge < -0.3 is 0 Å². The zero-order valence-corrected chi connectivity index (χ0v) is 15.3. The first-order chi connectivity index (χ1) is 11.7. The number of pyridine rings is 1. The minimum atomic E-state index is 0.716. The summed E-state index contributed by atoms with van der Waals surface area (Å²) in [5.74, 6) is 0.716. The summed E-state index contributed by atoms with van der Waals surface area (Å²) >= 11 is 5.30. The predicted octanol–water partition coefficient (Wildman–Crippen LogP) is 4.28. The molecule has 4 rings (SSSR count). The molecule has 0 aliphatic carbocycles. The minimum absolute atomic E-state index is 0.716. The topological polar surface area (TPSA) is 48.0 Å². The predicted molar refractivity (Wildman–Crippen MR) is 98.5 cm³/mol. The number of hydrogen-bond donors (Lipinski definition) is 0. The molecule has 0 bridgehead atoms. The van der Waals surface area contributed by atoms with Crippen molar-refractivity contribution in [3.63, 3.8) is 0 Å². The van der Waals surface area contributed by atoms with Crippen molar-refractivity contribution in [1.29, 1.82) is 0 Å². The molecule has 120 valence electrons. The fourth-order valence-electron chi connectivity index (χ4n) is 2.57. The van der Waals surface area contributed by atoms with Gasteiger partial charge in [0.2, 0.25) is 0 Å². The van der Waals surface area contributed by atoms with Crippen LogP contribution in [-0.2, 0) is 5.75 Å². The summed E-state index contributed by atoms with van der Waals surface area (Å²) in [4.78, 5) is 4.71. The maximum atomic E-state index is 4.71. The van der Waals surface area contributed by atoms with Gasteiger partial charge in [0, 0.05) is 17.1 Å². The highest BCUT2D eigenvalue weighted by atomic mass is 79.9. The van der Waals surface area contributed by atoms with Crippen LogP contribution in [0.4, 0.5) is 0 Å². The van der Waals surface area contributed by atoms with Crippen molar-refractivity contribution >= 4 is 33.3 Å². The number of para-hydroxylation sites is 1. The summed E-state index contributed by atoms with van der Waals surface area (Å²) in [6.45, 7) is 2.07. The van der Waals surface area contributed by atoms with Gasteiger partial charge in [0.1, 0.15) is 16.6 Å². The molecule has 0 fully saturated rings. The van der Waals surface area contributed by atoms with Crippen molar-refractivity contribution < 1.29 is 0 Å². The number of thioether (sulfide) groups is 1. The maximum absolute atomic E-state index is 4.71. The molecule has 0 saturated carbocycles. The van der Waals surface area contributed by atoms with Gasteiger partial charge in [-0.1, -0.05) is 36.0 Å². The van der Waals surface area contributed by atoms with E-state index in [0.717, 1.165) is 32.5 Å². The molecule has 4 aromatic rings. The number of fused-ring (bicyclic) bond motifs is 1. The van der Waals surface area contributed by atoms with Gasteiger partial charge in [0.25, 0.3) is 0 Å². The Hall–Kier alpha value is -2.12. The fourth-order valence-corrected chi connectivity index (χ4v) is 4.31. The van der Waals surface area contributed by atoms with Gasteiger partial charge in [-0.2, -0.15) is 0 Å². The third-order valence-corrected chi connectivity index (χ3v) is 5.50. The Bertz CT molecular complexity index is 993. The van der Waals surface area contributed by atoms with E-state index in [4.69, 9.17) is 4.98 Å². The molecular formula is C17H14BrN5S. The van der Waals surface area contributed by atoms with Crippen molar-refractivity contribution in [3.05, 3.63) is 70.8 Å². The van der Waals surface area contributed by atoms with Crippen LogP contribution in [0, 0.1) is 6.92 Å². The second-order valence-corrected chi connectivity index (χ2v) is 7.01. The minimum Gasteiger partial charge on any atom is -0.291 e. The average molecular weight is 400 g/mol. The molecule has 5 nitrogen and oxygen atoms in total. The maximum Gasteiger partial charge on any atom is 0.195 e. The van der Waals surface area contributed by atoms with Crippen LogP contribution in [0.3, 0.4) is 0 Å². The summed E-state index contributed by atoms with van der Waals surface area (Å²) in [6, 6.07) is 16.2. The normalized spacial score (nSPS) is 11.2. The van der Waals surface area contributed by atoms with E-state index < -0.39 is 0 Å². The summed E-state index contributed by atoms with van der Waals surface area (Å²) in [5.41, 5.74) is 4.14. The number of imidazole rings is 1. The van der Waals surface area contributed by atoms with Crippen LogP contribution in [0.25, 0.3) is 11.3 Å². The molecule has 0 spiro atoms. The summed E-state index contributed by atoms with van der Waals surface area (Å²) in [6.07, 6.45) is 1.74. The van der Waals surface area contributed by atoms with Gasteiger partial charge in [0.05, 0.1) is 5.69 Å². The number of benzene rings is 1. The number of aryl methyl sites for hydroxylation is 1. The molecule has 24 heavy (non-hydrogen) atoms. The highest BCUT2D eigenvalue weighted by Gasteiger charge is 2.13. The van der Waals surface area contributed by atoms with Crippen molar-refractivity contribution in [2.75, 3.05) is 0 Å². The molecular weight excluding hydrogens is 386 g/mol. The first kappa shape index (κ1) is 15.4. The van der Waals surface area contributed by atoms with E-state index in [-0.39, 0.29) is 0 Å². The Labute approximate surface area is 151 Å². The fraction of sp³-hybridized carbons (Fsp3) is 0.118. The molecule has 0 unspecified atom stereocenters. The van der Waals surface area contributed by atoms with Gasteiger partial charge >= 0.3 is 0 Å². The van der Waals surface area contributed by atoms with Gasteiger partial charge in [-0.05, 0) is 47.1 Å². The highest BCUT2D eigenvalue weighted by Crippen LogP contribution is 2.28. The first-order valence-electron chi connectivity index (χ1n) is 7.45. The summed E-state index contributed by atoms with van der Waals surface area (Å²) < 4.78 is 5.09. The largest absolute Gasteiger partial charge is 0.291 e. The molecule has 0 aliphatic rings. The zero-order valence-electron chi connectivity index (χ0n) is 12.9. The Morgan fingerprint density at radius 2 is 1.92 bits per heavy atom. The van der Waals surface area contributed by atoms with Gasteiger partial charge in [-0.3, -0.25) is 8.97 Å². The third kappa shape index (κ3) is 2.74. The van der Waals surface area contributed by atoms with Gasteiger partial charge in [-0.25, -0.2) is 4.98 Å². The molecule has 0 amide bonds. The van der Waals surface area contributed by atoms with Crippen molar-refractivity contribution in [3.8, 4) is 5.69 Å². The lowest BCUT2D eigenvalue weighted by Gasteiger charge is -2.05. The Morgan fingerprint density at radius 3 is 2.71 bits per heavy atom. The Morgan fingerprint density at radius 1 is 1.08 bits per heavy atom. The van der Waals surface area contributed by atoms with E-state index in [1.54, 1.807) is 18.1 Å². The Kier molecular flexibility index (Phi) is 4.12. The van der Waals surface area contributed by atoms with Gasteiger partial charge in [-0.15, -0.1) is 10.2 Å². The number of hydrogen-bond acceptors (Lipinski definition) is 4. The SMILES string of the molecule is Cc1cccc2nc(CSc3nncn3-c3ccccc3)c(Br)n12. The van der Waals surface area contributed by atoms with Crippen LogP contribution < -0.4 is 0 Å². The van der Waals surface area contributed by atoms with Crippen LogP contribution in [0.2, 0.25) is 0 Å². The number of nitrogens with zero attached hydrogens (tertiary/aromatic N) is 5. The van der Waals surface area contributed by atoms with Crippen LogP contribution in [-0.4, -0.2) is 24.1 Å². The molecule has 0 saturated heterocycles. The average Bonchev–Trinajstić information content (AvgIpc) is 3.19. The standard InChI is InChI=1S/C17H14BrN5S/c1-12-6-5-9-15-20-14(16(18)23(12)15)10-24-17-21-19-11-22(17)13-7-3-2-4-8-13/h2-9,11H,10H2,1H3. The molecule has 0 N–H and O–H groups in total. The second-order valence-electron chi connectivity index (χ2n) is 5.32. The van der Waals surface area contributed by atoms with Crippen LogP contribution in [0.1, 0.15) is 11.4 Å². The lowest BCUT2D eigenvalue weighted by atomic mass is 10.3. The lowest BCUT2D eigenvalue weighted by Crippen LogP contribution is -1.95. The molecule has 0 atom stereocenters. The van der Waals surface area contributed by atoms with E-state index in [1.165, 1.54) is 0 Å². The number of aromatic nitrogens is 5. The summed E-state index contributed by atoms with van der Waals surface area (Å²) in [7, 11) is 0. The number of rotatable bonds is 4. The molecule has 0 radical (unpaired) electrons. The lowest BCUT2D eigenvalue weighted by molar-refractivity contribution is 0.883. The zero-order chi connectivity index (χ0) is 16.5. The number of halogens is 1. The van der Waals surface area contributed by atoms with E-state index in [2.05, 4.69) is 43.5 Å². The quantitative estimate of drug-likeness (QED) is 0.480. The van der Waals surface area contributed by atoms with E-state index in [9.17, 15) is 0 Å². The molecule has 1 aromatic carbocycles. The molecule has 3 heterocycles. The van der Waals surface area contributed by atoms with Crippen LogP contribution >= 0.6 is 27.7 Å². The van der Waals surface area contributed by atoms with Gasteiger partial charge in [0.15, 0.2) is 5.16 Å². The van der Waals surface area contributed by atoms with E-state index in [0.29, 0.717) is 5.75 Å². The monoisotopic (exact) mass is 399 g/mol. The van der Waals surface area contributed by atoms with E-state index in [1.807, 2.05) is 47.0 Å². The van der Waals surface area contributed by atoms with Crippen molar-refractivity contribution in [2.24, 2.45) is 0 Å². The summed E-state index contributed by atoms with van der Waals surface area (Å²) in [5, 5.41) is 9.13. The molecule has 7 heteroatoms. The third-order valence-electron chi connectivity index (χ3n) is 3.74. The van der Waals surface area contributed by atoms with Crippen molar-refractivity contribution in [1.82, 2.24) is 24.1 Å². The van der Waals surface area contributed by atoms with Crippen molar-refractivity contribution in [2.45, 2.75) is 17.8 Å².